The number of benzene rings is 12. The van der Waals surface area contributed by atoms with Gasteiger partial charge in [-0.05, 0) is 143 Å². The van der Waals surface area contributed by atoms with E-state index in [0.717, 1.165) is 39.2 Å². The molecule has 2 nitrogen and oxygen atoms in total. The molecule has 1 aliphatic rings. The van der Waals surface area contributed by atoms with E-state index in [1.54, 1.807) is 0 Å². The molecule has 0 spiro atoms. The molecule has 12 aromatic carbocycles. The summed E-state index contributed by atoms with van der Waals surface area (Å²) in [5.41, 5.74) is 16.9. The number of rotatable bonds is 7. The maximum Gasteiger partial charge on any atom is 0.136 e. The average Bonchev–Trinajstić information content (AvgIpc) is 3.96. The van der Waals surface area contributed by atoms with Crippen LogP contribution in [0.15, 0.2) is 265 Å². The van der Waals surface area contributed by atoms with Crippen molar-refractivity contribution in [3.63, 3.8) is 0 Å². The van der Waals surface area contributed by atoms with E-state index < -0.39 is 5.41 Å². The third-order valence-electron chi connectivity index (χ3n) is 14.7. The fourth-order valence-electron chi connectivity index (χ4n) is 11.7. The lowest BCUT2D eigenvalue weighted by molar-refractivity contribution is 0.669. The zero-order valence-corrected chi connectivity index (χ0v) is 37.7. The number of nitrogens with zero attached hydrogens (tertiary/aromatic N) is 1. The van der Waals surface area contributed by atoms with Crippen molar-refractivity contribution in [2.45, 2.75) is 5.41 Å². The first kappa shape index (κ1) is 39.2. The predicted octanol–water partition coefficient (Wildman–Crippen LogP) is 18.2. The van der Waals surface area contributed by atoms with E-state index >= 15 is 0 Å². The van der Waals surface area contributed by atoms with Crippen LogP contribution in [0.4, 0.5) is 17.1 Å². The normalized spacial score (nSPS) is 12.8. The molecule has 0 aliphatic heterocycles. The van der Waals surface area contributed by atoms with Gasteiger partial charge in [-0.3, -0.25) is 0 Å². The Morgan fingerprint density at radius 1 is 0.275 bits per heavy atom. The summed E-state index contributed by atoms with van der Waals surface area (Å²) in [6.07, 6.45) is 0. The quantitative estimate of drug-likeness (QED) is 0.148. The van der Waals surface area contributed by atoms with Crippen molar-refractivity contribution in [1.29, 1.82) is 0 Å². The average molecular weight is 878 g/mol. The molecule has 0 atom stereocenters. The van der Waals surface area contributed by atoms with Crippen LogP contribution < -0.4 is 4.90 Å². The van der Waals surface area contributed by atoms with Gasteiger partial charge in [-0.2, -0.15) is 0 Å². The number of para-hydroxylation sites is 1. The molecular weight excluding hydrogens is 835 g/mol. The lowest BCUT2D eigenvalue weighted by Crippen LogP contribution is -2.28. The van der Waals surface area contributed by atoms with Crippen molar-refractivity contribution < 1.29 is 4.42 Å². The first-order valence-electron chi connectivity index (χ1n) is 23.8. The summed E-state index contributed by atoms with van der Waals surface area (Å²) >= 11 is 0. The van der Waals surface area contributed by atoms with E-state index in [4.69, 9.17) is 4.42 Å². The highest BCUT2D eigenvalue weighted by molar-refractivity contribution is 6.34. The summed E-state index contributed by atoms with van der Waals surface area (Å²) in [6, 6.07) is 95.6. The van der Waals surface area contributed by atoms with Crippen LogP contribution in [-0.4, -0.2) is 0 Å². The summed E-state index contributed by atoms with van der Waals surface area (Å²) in [6.45, 7) is 0. The number of fused-ring (bicyclic) bond motifs is 13. The van der Waals surface area contributed by atoms with Gasteiger partial charge in [-0.1, -0.05) is 200 Å². The Bertz CT molecular complexity index is 4060. The van der Waals surface area contributed by atoms with Crippen LogP contribution in [0.25, 0.3) is 87.6 Å². The molecule has 0 N–H and O–H groups in total. The molecule has 0 saturated heterocycles. The number of hydrogen-bond donors (Lipinski definition) is 0. The highest BCUT2D eigenvalue weighted by atomic mass is 16.3. The van der Waals surface area contributed by atoms with Gasteiger partial charge in [0.15, 0.2) is 0 Å². The summed E-state index contributed by atoms with van der Waals surface area (Å²) < 4.78 is 6.42. The van der Waals surface area contributed by atoms with E-state index in [0.29, 0.717) is 0 Å². The van der Waals surface area contributed by atoms with Gasteiger partial charge in [0, 0.05) is 33.2 Å². The second-order valence-electron chi connectivity index (χ2n) is 18.3. The van der Waals surface area contributed by atoms with Crippen LogP contribution in [0.3, 0.4) is 0 Å². The molecule has 0 radical (unpaired) electrons. The minimum absolute atomic E-state index is 0.515. The second kappa shape index (κ2) is 15.6. The second-order valence-corrected chi connectivity index (χ2v) is 18.3. The molecular formula is C67H43NO. The molecule has 0 unspecified atom stereocenters. The Balaban J connectivity index is 0.940. The topological polar surface area (TPSA) is 16.4 Å². The van der Waals surface area contributed by atoms with Crippen LogP contribution in [0.5, 0.6) is 0 Å². The summed E-state index contributed by atoms with van der Waals surface area (Å²) in [5.74, 6) is 0. The first-order valence-corrected chi connectivity index (χ1v) is 23.8. The number of furan rings is 1. The maximum atomic E-state index is 6.42. The lowest BCUT2D eigenvalue weighted by atomic mass is 9.67. The van der Waals surface area contributed by atoms with Gasteiger partial charge in [-0.25, -0.2) is 0 Å². The standard InChI is InChI=1S/C67H43NO/c1-4-16-44(17-5-1)45-28-33-50(34-29-45)68(52-37-39-56-55-23-12-14-26-61(55)67(62(56)43-52,48-18-6-2-7-19-48)49-20-8-3-9-21-49)51-35-30-46(31-36-51)47-32-38-54-53-22-10-11-24-57(53)65-58(60(54)42-47)40-41-64-66(65)59-25-13-15-27-63(59)69-64/h1-43H. The van der Waals surface area contributed by atoms with Gasteiger partial charge in [-0.15, -0.1) is 0 Å². The van der Waals surface area contributed by atoms with Crippen molar-refractivity contribution in [3.05, 3.63) is 283 Å². The van der Waals surface area contributed by atoms with Crippen molar-refractivity contribution in [2.24, 2.45) is 0 Å². The molecule has 1 heterocycles. The maximum absolute atomic E-state index is 6.42. The number of anilines is 3. The lowest BCUT2D eigenvalue weighted by Gasteiger charge is -2.35. The van der Waals surface area contributed by atoms with E-state index in [1.807, 2.05) is 6.07 Å². The van der Waals surface area contributed by atoms with Crippen molar-refractivity contribution in [2.75, 3.05) is 4.90 Å². The van der Waals surface area contributed by atoms with Gasteiger partial charge in [0.25, 0.3) is 0 Å². The monoisotopic (exact) mass is 877 g/mol. The van der Waals surface area contributed by atoms with Gasteiger partial charge < -0.3 is 9.32 Å². The van der Waals surface area contributed by atoms with Crippen LogP contribution >= 0.6 is 0 Å². The Kier molecular flexibility index (Phi) is 8.84. The van der Waals surface area contributed by atoms with Crippen LogP contribution in [-0.2, 0) is 5.41 Å². The van der Waals surface area contributed by atoms with Crippen molar-refractivity contribution in [1.82, 2.24) is 0 Å². The molecule has 14 rings (SSSR count). The van der Waals surface area contributed by atoms with Crippen LogP contribution in [0.2, 0.25) is 0 Å². The van der Waals surface area contributed by atoms with Gasteiger partial charge in [0.2, 0.25) is 0 Å². The third-order valence-corrected chi connectivity index (χ3v) is 14.7. The SMILES string of the molecule is c1ccc(-c2ccc(N(c3ccc(-c4ccc5c6ccccc6c6c(ccc7oc8ccccc8c76)c5c4)cc3)c3ccc4c(c3)C(c3ccccc3)(c3ccccc3)c3ccccc3-4)cc2)cc1. The smallest absolute Gasteiger partial charge is 0.136 e. The van der Waals surface area contributed by atoms with E-state index in [1.165, 1.54) is 87.8 Å². The molecule has 2 heteroatoms. The van der Waals surface area contributed by atoms with Crippen molar-refractivity contribution in [3.8, 4) is 33.4 Å². The Morgan fingerprint density at radius 2 is 0.768 bits per heavy atom. The molecule has 0 bridgehead atoms. The van der Waals surface area contributed by atoms with Crippen LogP contribution in [0.1, 0.15) is 22.3 Å². The molecule has 1 aliphatic carbocycles. The zero-order chi connectivity index (χ0) is 45.5. The molecule has 13 aromatic rings. The zero-order valence-electron chi connectivity index (χ0n) is 37.7. The molecule has 0 saturated carbocycles. The van der Waals surface area contributed by atoms with E-state index in [2.05, 4.69) is 260 Å². The highest BCUT2D eigenvalue weighted by Crippen LogP contribution is 2.57. The Hall–Kier alpha value is -8.98. The highest BCUT2D eigenvalue weighted by Gasteiger charge is 2.46. The minimum atomic E-state index is -0.515. The van der Waals surface area contributed by atoms with Gasteiger partial charge >= 0.3 is 0 Å². The molecule has 1 aromatic heterocycles. The third kappa shape index (κ3) is 5.99. The van der Waals surface area contributed by atoms with Gasteiger partial charge in [0.1, 0.15) is 11.2 Å². The summed E-state index contributed by atoms with van der Waals surface area (Å²) in [4.78, 5) is 2.42. The summed E-state index contributed by atoms with van der Waals surface area (Å²) in [5, 5.41) is 9.75. The number of hydrogen-bond acceptors (Lipinski definition) is 2. The van der Waals surface area contributed by atoms with Crippen LogP contribution in [0, 0.1) is 0 Å². The first-order chi connectivity index (χ1) is 34.2. The Labute approximate surface area is 400 Å². The molecule has 69 heavy (non-hydrogen) atoms. The fourth-order valence-corrected chi connectivity index (χ4v) is 11.7. The largest absolute Gasteiger partial charge is 0.456 e. The molecule has 322 valence electrons. The van der Waals surface area contributed by atoms with E-state index in [9.17, 15) is 0 Å². The van der Waals surface area contributed by atoms with Gasteiger partial charge in [0.05, 0.1) is 5.41 Å². The fraction of sp³-hybridized carbons (Fsp3) is 0.0149. The summed E-state index contributed by atoms with van der Waals surface area (Å²) in [7, 11) is 0. The minimum Gasteiger partial charge on any atom is -0.456 e. The van der Waals surface area contributed by atoms with Crippen molar-refractivity contribution >= 4 is 71.3 Å². The molecule has 0 fully saturated rings. The Morgan fingerprint density at radius 3 is 1.48 bits per heavy atom. The molecule has 0 amide bonds. The predicted molar refractivity (Wildman–Crippen MR) is 289 cm³/mol. The van der Waals surface area contributed by atoms with E-state index in [-0.39, 0.29) is 0 Å².